The molecule has 8 rings (SSSR count). The van der Waals surface area contributed by atoms with Gasteiger partial charge in [0.25, 0.3) is 0 Å². The van der Waals surface area contributed by atoms with Gasteiger partial charge in [-0.15, -0.1) is 0 Å². The van der Waals surface area contributed by atoms with Gasteiger partial charge in [-0.2, -0.15) is 0 Å². The minimum atomic E-state index is 1.06. The van der Waals surface area contributed by atoms with Gasteiger partial charge in [-0.05, 0) is 89.0 Å². The average molecular weight is 352 g/mol. The summed E-state index contributed by atoms with van der Waals surface area (Å²) in [5.74, 6) is 0. The van der Waals surface area contributed by atoms with Gasteiger partial charge in [-0.3, -0.25) is 0 Å². The van der Waals surface area contributed by atoms with Crippen LogP contribution in [0.25, 0.3) is 53.9 Å². The van der Waals surface area contributed by atoms with Crippen LogP contribution in [0.5, 0.6) is 0 Å². The van der Waals surface area contributed by atoms with Crippen LogP contribution in [0.2, 0.25) is 0 Å². The van der Waals surface area contributed by atoms with Gasteiger partial charge in [0.1, 0.15) is 0 Å². The van der Waals surface area contributed by atoms with Crippen LogP contribution in [0.4, 0.5) is 0 Å². The molecule has 0 N–H and O–H groups in total. The zero-order chi connectivity index (χ0) is 18.0. The highest BCUT2D eigenvalue weighted by Crippen LogP contribution is 2.50. The maximum Gasteiger partial charge on any atom is -0.00130 e. The summed E-state index contributed by atoms with van der Waals surface area (Å²) in [6.45, 7) is 0. The van der Waals surface area contributed by atoms with Crippen molar-refractivity contribution in [1.29, 1.82) is 0 Å². The minimum absolute atomic E-state index is 1.06. The molecule has 0 radical (unpaired) electrons. The van der Waals surface area contributed by atoms with E-state index in [-0.39, 0.29) is 0 Å². The molecular weight excluding hydrogens is 336 g/mol. The second kappa shape index (κ2) is 4.36. The molecule has 0 bridgehead atoms. The Labute approximate surface area is 162 Å². The third-order valence-electron chi connectivity index (χ3n) is 7.19. The van der Waals surface area contributed by atoms with E-state index < -0.39 is 0 Å². The molecule has 128 valence electrons. The quantitative estimate of drug-likeness (QED) is 0.252. The molecule has 0 heterocycles. The van der Waals surface area contributed by atoms with Crippen LogP contribution < -0.4 is 0 Å². The number of rotatable bonds is 0. The first-order valence-corrected chi connectivity index (χ1v) is 10.1. The van der Waals surface area contributed by atoms with E-state index in [0.29, 0.717) is 0 Å². The molecule has 0 unspecified atom stereocenters. The number of fused-ring (bicyclic) bond motifs is 5. The van der Waals surface area contributed by atoms with Crippen LogP contribution in [0, 0.1) is 0 Å². The van der Waals surface area contributed by atoms with Crippen molar-refractivity contribution in [2.75, 3.05) is 0 Å². The van der Waals surface area contributed by atoms with Crippen LogP contribution >= 0.6 is 0 Å². The lowest BCUT2D eigenvalue weighted by Gasteiger charge is -2.15. The second-order valence-electron chi connectivity index (χ2n) is 8.46. The van der Waals surface area contributed by atoms with E-state index in [9.17, 15) is 0 Å². The van der Waals surface area contributed by atoms with Gasteiger partial charge in [-0.25, -0.2) is 0 Å². The summed E-state index contributed by atoms with van der Waals surface area (Å²) in [5, 5.41) is 14.6. The Hall–Kier alpha value is -3.38. The highest BCUT2D eigenvalue weighted by molar-refractivity contribution is 6.41. The highest BCUT2D eigenvalue weighted by atomic mass is 14.3. The third kappa shape index (κ3) is 1.35. The van der Waals surface area contributed by atoms with Gasteiger partial charge in [0.15, 0.2) is 0 Å². The lowest BCUT2D eigenvalue weighted by atomic mass is 9.87. The smallest absolute Gasteiger partial charge is 0.00130 e. The van der Waals surface area contributed by atoms with Crippen molar-refractivity contribution in [3.63, 3.8) is 0 Å². The SMILES string of the molecule is c1cc2c3c(c1)c1c4cccc5c4c4c(cccc4c1c1cccc(c13)C2)C5. The van der Waals surface area contributed by atoms with E-state index in [1.54, 1.807) is 0 Å². The fourth-order valence-corrected chi connectivity index (χ4v) is 6.24. The first kappa shape index (κ1) is 13.7. The number of hydrogen-bond acceptors (Lipinski definition) is 0. The summed E-state index contributed by atoms with van der Waals surface area (Å²) in [6.07, 6.45) is 2.12. The molecule has 0 nitrogen and oxygen atoms in total. The molecule has 0 saturated carbocycles. The molecule has 0 amide bonds. The highest BCUT2D eigenvalue weighted by Gasteiger charge is 2.25. The largest absolute Gasteiger partial charge is 0.0613 e. The predicted molar refractivity (Wildman–Crippen MR) is 120 cm³/mol. The molecule has 6 aromatic carbocycles. The normalized spacial score (nSPS) is 14.1. The molecule has 6 aromatic rings. The molecule has 2 aliphatic carbocycles. The van der Waals surface area contributed by atoms with Crippen LogP contribution in [0.3, 0.4) is 0 Å². The van der Waals surface area contributed by atoms with E-state index in [4.69, 9.17) is 0 Å². The standard InChI is InChI=1S/C28H16/c1-5-15-13-16-6-2-11-21-24(16)23(15)19(9-1)27-20-10-3-7-17-14-18-8-4-12-22(28(21)27)26(18)25(17)20/h1-12H,13-14H2. The molecule has 28 heavy (non-hydrogen) atoms. The number of benzene rings is 6. The summed E-state index contributed by atoms with van der Waals surface area (Å²) in [7, 11) is 0. The lowest BCUT2D eigenvalue weighted by molar-refractivity contribution is 1.27. The maximum atomic E-state index is 2.35. The van der Waals surface area contributed by atoms with Crippen molar-refractivity contribution in [3.8, 4) is 0 Å². The number of hydrogen-bond donors (Lipinski definition) is 0. The second-order valence-corrected chi connectivity index (χ2v) is 8.46. The summed E-state index contributed by atoms with van der Waals surface area (Å²) < 4.78 is 0. The Morgan fingerprint density at radius 3 is 0.893 bits per heavy atom. The average Bonchev–Trinajstić information content (AvgIpc) is 3.31. The Bertz CT molecular complexity index is 1450. The molecule has 0 aliphatic heterocycles. The maximum absolute atomic E-state index is 2.35. The molecule has 0 aromatic heterocycles. The fourth-order valence-electron chi connectivity index (χ4n) is 6.24. The van der Waals surface area contributed by atoms with Crippen molar-refractivity contribution < 1.29 is 0 Å². The van der Waals surface area contributed by atoms with Crippen LogP contribution in [-0.2, 0) is 12.8 Å². The summed E-state index contributed by atoms with van der Waals surface area (Å²) in [4.78, 5) is 0. The zero-order valence-electron chi connectivity index (χ0n) is 15.3. The topological polar surface area (TPSA) is 0 Å². The first-order valence-electron chi connectivity index (χ1n) is 10.1. The third-order valence-corrected chi connectivity index (χ3v) is 7.19. The zero-order valence-corrected chi connectivity index (χ0v) is 15.3. The first-order chi connectivity index (χ1) is 13.9. The Morgan fingerprint density at radius 1 is 0.321 bits per heavy atom. The summed E-state index contributed by atoms with van der Waals surface area (Å²) in [6, 6.07) is 27.7. The lowest BCUT2D eigenvalue weighted by Crippen LogP contribution is -1.87. The van der Waals surface area contributed by atoms with E-state index in [2.05, 4.69) is 72.8 Å². The molecule has 2 aliphatic rings. The van der Waals surface area contributed by atoms with E-state index in [1.807, 2.05) is 0 Å². The molecule has 0 saturated heterocycles. The summed E-state index contributed by atoms with van der Waals surface area (Å²) in [5.41, 5.74) is 5.94. The molecule has 0 fully saturated rings. The molecule has 0 atom stereocenters. The van der Waals surface area contributed by atoms with Crippen LogP contribution in [0.15, 0.2) is 72.8 Å². The fraction of sp³-hybridized carbons (Fsp3) is 0.0714. The minimum Gasteiger partial charge on any atom is -0.0613 e. The van der Waals surface area contributed by atoms with Crippen LogP contribution in [-0.4, -0.2) is 0 Å². The molecular formula is C28H16. The van der Waals surface area contributed by atoms with Gasteiger partial charge in [-0.1, -0.05) is 72.8 Å². The van der Waals surface area contributed by atoms with Gasteiger partial charge < -0.3 is 0 Å². The van der Waals surface area contributed by atoms with E-state index in [1.165, 1.54) is 76.1 Å². The molecule has 0 heteroatoms. The van der Waals surface area contributed by atoms with Crippen molar-refractivity contribution in [1.82, 2.24) is 0 Å². The van der Waals surface area contributed by atoms with E-state index >= 15 is 0 Å². The predicted octanol–water partition coefficient (Wildman–Crippen LogP) is 7.26. The van der Waals surface area contributed by atoms with E-state index in [0.717, 1.165) is 12.8 Å². The van der Waals surface area contributed by atoms with Crippen molar-refractivity contribution in [2.45, 2.75) is 12.8 Å². The van der Waals surface area contributed by atoms with Crippen molar-refractivity contribution >= 4 is 53.9 Å². The monoisotopic (exact) mass is 352 g/mol. The van der Waals surface area contributed by atoms with Crippen molar-refractivity contribution in [3.05, 3.63) is 95.1 Å². The summed E-state index contributed by atoms with van der Waals surface area (Å²) >= 11 is 0. The Balaban J connectivity index is 1.89. The Morgan fingerprint density at radius 2 is 0.607 bits per heavy atom. The van der Waals surface area contributed by atoms with Gasteiger partial charge in [0.05, 0.1) is 0 Å². The van der Waals surface area contributed by atoms with Gasteiger partial charge >= 0.3 is 0 Å². The van der Waals surface area contributed by atoms with Crippen LogP contribution in [0.1, 0.15) is 22.3 Å². The van der Waals surface area contributed by atoms with Gasteiger partial charge in [0, 0.05) is 0 Å². The Kier molecular flexibility index (Phi) is 2.14. The molecule has 0 spiro atoms. The van der Waals surface area contributed by atoms with Gasteiger partial charge in [0.2, 0.25) is 0 Å². The van der Waals surface area contributed by atoms with Crippen molar-refractivity contribution in [2.24, 2.45) is 0 Å².